The van der Waals surface area contributed by atoms with E-state index in [-0.39, 0.29) is 11.7 Å². The lowest BCUT2D eigenvalue weighted by molar-refractivity contribution is -0.141. The molecule has 1 N–H and O–H groups in total. The molecule has 4 rings (SSSR count). The fourth-order valence-corrected chi connectivity index (χ4v) is 3.77. The van der Waals surface area contributed by atoms with Crippen LogP contribution in [-0.4, -0.2) is 34.0 Å². The van der Waals surface area contributed by atoms with E-state index in [0.29, 0.717) is 18.9 Å². The topological polar surface area (TPSA) is 62.7 Å². The van der Waals surface area contributed by atoms with Crippen LogP contribution in [0.3, 0.4) is 0 Å². The number of benzene rings is 2. The number of carboxylic acids is 1. The van der Waals surface area contributed by atoms with Gasteiger partial charge in [0.15, 0.2) is 0 Å². The van der Waals surface area contributed by atoms with Gasteiger partial charge in [0.1, 0.15) is 18.2 Å². The van der Waals surface area contributed by atoms with Crippen molar-refractivity contribution >= 4 is 5.97 Å². The molecule has 0 aliphatic carbocycles. The molecule has 31 heavy (non-hydrogen) atoms. The zero-order valence-corrected chi connectivity index (χ0v) is 17.4. The average Bonchev–Trinajstić information content (AvgIpc) is 2.77. The van der Waals surface area contributed by atoms with Crippen LogP contribution < -0.4 is 4.74 Å². The molecule has 2 aromatic carbocycles. The van der Waals surface area contributed by atoms with Crippen molar-refractivity contribution in [1.82, 2.24) is 9.88 Å². The Kier molecular flexibility index (Phi) is 6.28. The van der Waals surface area contributed by atoms with Gasteiger partial charge in [0, 0.05) is 37.3 Å². The Morgan fingerprint density at radius 2 is 2.00 bits per heavy atom. The molecule has 160 valence electrons. The molecule has 5 nitrogen and oxygen atoms in total. The van der Waals surface area contributed by atoms with Crippen molar-refractivity contribution in [1.29, 1.82) is 0 Å². The van der Waals surface area contributed by atoms with Gasteiger partial charge in [0.2, 0.25) is 0 Å². The molecule has 1 atom stereocenters. The molecule has 0 bridgehead atoms. The number of hydrogen-bond acceptors (Lipinski definition) is 4. The van der Waals surface area contributed by atoms with Crippen molar-refractivity contribution in [3.63, 3.8) is 0 Å². The summed E-state index contributed by atoms with van der Waals surface area (Å²) in [5.74, 6) is -0.693. The summed E-state index contributed by atoms with van der Waals surface area (Å²) in [6.45, 7) is 4.14. The summed E-state index contributed by atoms with van der Waals surface area (Å²) in [6.07, 6.45) is 0.810. The number of fused-ring (bicyclic) bond motifs is 1. The number of aromatic nitrogens is 1. The first-order valence-corrected chi connectivity index (χ1v) is 10.4. The number of carboxylic acid groups (broad SMARTS) is 1. The van der Waals surface area contributed by atoms with Crippen molar-refractivity contribution < 1.29 is 19.0 Å². The SMILES string of the molecule is CC(CN1CCc2nc(-c3ccc(OCc4cccc(F)c4)cc3)ccc2C1)C(=O)O. The highest BCUT2D eigenvalue weighted by molar-refractivity contribution is 5.69. The van der Waals surface area contributed by atoms with E-state index in [2.05, 4.69) is 11.0 Å². The zero-order valence-electron chi connectivity index (χ0n) is 17.4. The number of nitrogens with zero attached hydrogens (tertiary/aromatic N) is 2. The largest absolute Gasteiger partial charge is 0.489 e. The van der Waals surface area contributed by atoms with Crippen molar-refractivity contribution in [2.24, 2.45) is 5.92 Å². The van der Waals surface area contributed by atoms with Crippen molar-refractivity contribution in [3.8, 4) is 17.0 Å². The summed E-state index contributed by atoms with van der Waals surface area (Å²) in [5.41, 5.74) is 4.92. The van der Waals surface area contributed by atoms with Gasteiger partial charge in [-0.1, -0.05) is 25.1 Å². The number of hydrogen-bond donors (Lipinski definition) is 1. The first-order valence-electron chi connectivity index (χ1n) is 10.4. The highest BCUT2D eigenvalue weighted by atomic mass is 19.1. The molecule has 1 unspecified atom stereocenters. The molecule has 3 aromatic rings. The molecule has 0 amide bonds. The number of halogens is 1. The van der Waals surface area contributed by atoms with E-state index in [0.717, 1.165) is 47.6 Å². The minimum atomic E-state index is -0.761. The molecule has 0 radical (unpaired) electrons. The summed E-state index contributed by atoms with van der Waals surface area (Å²) >= 11 is 0. The van der Waals surface area contributed by atoms with Crippen LogP contribution in [0, 0.1) is 11.7 Å². The first kappa shape index (κ1) is 21.0. The minimum Gasteiger partial charge on any atom is -0.489 e. The quantitative estimate of drug-likeness (QED) is 0.608. The van der Waals surface area contributed by atoms with E-state index in [4.69, 9.17) is 14.8 Å². The predicted octanol–water partition coefficient (Wildman–Crippen LogP) is 4.55. The molecule has 2 heterocycles. The molecule has 0 spiro atoms. The van der Waals surface area contributed by atoms with Crippen LogP contribution in [0.2, 0.25) is 0 Å². The van der Waals surface area contributed by atoms with Crippen LogP contribution in [0.5, 0.6) is 5.75 Å². The Bertz CT molecular complexity index is 1070. The molecule has 1 aliphatic heterocycles. The Morgan fingerprint density at radius 3 is 2.74 bits per heavy atom. The molecule has 6 heteroatoms. The summed E-state index contributed by atoms with van der Waals surface area (Å²) in [5, 5.41) is 9.13. The van der Waals surface area contributed by atoms with Crippen molar-refractivity contribution in [2.75, 3.05) is 13.1 Å². The van der Waals surface area contributed by atoms with Crippen LogP contribution in [0.15, 0.2) is 60.7 Å². The van der Waals surface area contributed by atoms with E-state index in [1.807, 2.05) is 36.4 Å². The van der Waals surface area contributed by atoms with Gasteiger partial charge in [-0.15, -0.1) is 0 Å². The standard InChI is InChI=1S/C25H25FN2O3/c1-17(25(29)30)14-28-12-11-24-20(15-28)7-10-23(27-24)19-5-8-22(9-6-19)31-16-18-3-2-4-21(26)13-18/h2-10,13,17H,11-12,14-16H2,1H3,(H,29,30). The van der Waals surface area contributed by atoms with Crippen molar-refractivity contribution in [3.05, 3.63) is 83.3 Å². The lowest BCUT2D eigenvalue weighted by atomic mass is 10.0. The summed E-state index contributed by atoms with van der Waals surface area (Å²) < 4.78 is 19.0. The van der Waals surface area contributed by atoms with Gasteiger partial charge in [-0.05, 0) is 53.6 Å². The van der Waals surface area contributed by atoms with Crippen LogP contribution in [-0.2, 0) is 24.4 Å². The Morgan fingerprint density at radius 1 is 1.19 bits per heavy atom. The molecule has 0 fully saturated rings. The average molecular weight is 420 g/mol. The monoisotopic (exact) mass is 420 g/mol. The second-order valence-corrected chi connectivity index (χ2v) is 7.97. The Balaban J connectivity index is 1.39. The van der Waals surface area contributed by atoms with Gasteiger partial charge in [-0.3, -0.25) is 14.7 Å². The molecular weight excluding hydrogens is 395 g/mol. The van der Waals surface area contributed by atoms with E-state index in [9.17, 15) is 9.18 Å². The number of pyridine rings is 1. The van der Waals surface area contributed by atoms with E-state index in [1.54, 1.807) is 13.0 Å². The third kappa shape index (κ3) is 5.27. The number of ether oxygens (including phenoxy) is 1. The highest BCUT2D eigenvalue weighted by Crippen LogP contribution is 2.25. The molecule has 0 saturated heterocycles. The lowest BCUT2D eigenvalue weighted by Crippen LogP contribution is -2.36. The van der Waals surface area contributed by atoms with Gasteiger partial charge >= 0.3 is 5.97 Å². The highest BCUT2D eigenvalue weighted by Gasteiger charge is 2.22. The van der Waals surface area contributed by atoms with Gasteiger partial charge in [-0.2, -0.15) is 0 Å². The van der Waals surface area contributed by atoms with Crippen LogP contribution >= 0.6 is 0 Å². The van der Waals surface area contributed by atoms with Gasteiger partial charge in [0.25, 0.3) is 0 Å². The third-order valence-electron chi connectivity index (χ3n) is 5.53. The first-order chi connectivity index (χ1) is 15.0. The minimum absolute atomic E-state index is 0.269. The summed E-state index contributed by atoms with van der Waals surface area (Å²) in [4.78, 5) is 18.1. The normalized spacial score (nSPS) is 14.6. The summed E-state index contributed by atoms with van der Waals surface area (Å²) in [6, 6.07) is 18.2. The molecule has 1 aliphatic rings. The maximum absolute atomic E-state index is 13.3. The fourth-order valence-electron chi connectivity index (χ4n) is 3.77. The maximum atomic E-state index is 13.3. The predicted molar refractivity (Wildman–Crippen MR) is 116 cm³/mol. The van der Waals surface area contributed by atoms with Crippen LogP contribution in [0.25, 0.3) is 11.3 Å². The number of rotatable bonds is 7. The smallest absolute Gasteiger partial charge is 0.307 e. The zero-order chi connectivity index (χ0) is 21.8. The van der Waals surface area contributed by atoms with Gasteiger partial charge in [-0.25, -0.2) is 4.39 Å². The van der Waals surface area contributed by atoms with Gasteiger partial charge < -0.3 is 9.84 Å². The number of aliphatic carboxylic acids is 1. The molecular formula is C25H25FN2O3. The molecule has 1 aromatic heterocycles. The maximum Gasteiger partial charge on any atom is 0.307 e. The van der Waals surface area contributed by atoms with Gasteiger partial charge in [0.05, 0.1) is 11.6 Å². The fraction of sp³-hybridized carbons (Fsp3) is 0.280. The second-order valence-electron chi connectivity index (χ2n) is 7.97. The van der Waals surface area contributed by atoms with E-state index in [1.165, 1.54) is 12.1 Å². The Hall–Kier alpha value is -3.25. The summed E-state index contributed by atoms with van der Waals surface area (Å²) in [7, 11) is 0. The van der Waals surface area contributed by atoms with E-state index < -0.39 is 5.97 Å². The van der Waals surface area contributed by atoms with Crippen molar-refractivity contribution in [2.45, 2.75) is 26.5 Å². The Labute approximate surface area is 181 Å². The van der Waals surface area contributed by atoms with E-state index >= 15 is 0 Å². The number of carbonyl (C=O) groups is 1. The van der Waals surface area contributed by atoms with Crippen LogP contribution in [0.4, 0.5) is 4.39 Å². The van der Waals surface area contributed by atoms with Crippen LogP contribution in [0.1, 0.15) is 23.7 Å². The lowest BCUT2D eigenvalue weighted by Gasteiger charge is -2.29. The molecule has 0 saturated carbocycles. The second kappa shape index (κ2) is 9.27. The third-order valence-corrected chi connectivity index (χ3v) is 5.53.